The van der Waals surface area contributed by atoms with Crippen LogP contribution in [0.3, 0.4) is 0 Å². The summed E-state index contributed by atoms with van der Waals surface area (Å²) in [6, 6.07) is 0. The molecule has 0 aliphatic heterocycles. The highest BCUT2D eigenvalue weighted by Crippen LogP contribution is 2.44. The van der Waals surface area contributed by atoms with Crippen molar-refractivity contribution in [3.63, 3.8) is 0 Å². The Morgan fingerprint density at radius 1 is 1.64 bits per heavy atom. The normalized spacial score (nSPS) is 19.3. The van der Waals surface area contributed by atoms with Crippen molar-refractivity contribution in [1.29, 1.82) is 0 Å². The lowest BCUT2D eigenvalue weighted by Gasteiger charge is -2.40. The largest absolute Gasteiger partial charge is 0.337 e. The lowest BCUT2D eigenvalue weighted by atomic mass is 9.84. The van der Waals surface area contributed by atoms with E-state index in [-0.39, 0.29) is 0 Å². The Kier molecular flexibility index (Phi) is 2.75. The van der Waals surface area contributed by atoms with E-state index in [1.54, 1.807) is 0 Å². The Morgan fingerprint density at radius 3 is 2.71 bits per heavy atom. The maximum atomic E-state index is 5.26. The van der Waals surface area contributed by atoms with Gasteiger partial charge in [0.2, 0.25) is 0 Å². The maximum Gasteiger partial charge on any atom is 0.177 e. The lowest BCUT2D eigenvalue weighted by Crippen LogP contribution is -2.38. The molecule has 1 heterocycles. The average Bonchev–Trinajstić information content (AvgIpc) is 2.41. The molecule has 0 bridgehead atoms. The van der Waals surface area contributed by atoms with Crippen molar-refractivity contribution in [3.05, 3.63) is 16.7 Å². The first-order valence-electron chi connectivity index (χ1n) is 4.97. The molecule has 0 unspecified atom stereocenters. The molecule has 14 heavy (non-hydrogen) atoms. The van der Waals surface area contributed by atoms with E-state index in [1.807, 2.05) is 18.0 Å². The van der Waals surface area contributed by atoms with Crippen LogP contribution in [0.4, 0.5) is 0 Å². The van der Waals surface area contributed by atoms with Crippen LogP contribution in [0.1, 0.15) is 25.0 Å². The summed E-state index contributed by atoms with van der Waals surface area (Å²) in [5, 5.41) is 0. The highest BCUT2D eigenvalue weighted by Gasteiger charge is 2.36. The second-order valence-electron chi connectivity index (χ2n) is 4.06. The van der Waals surface area contributed by atoms with Gasteiger partial charge in [-0.2, -0.15) is 11.8 Å². The van der Waals surface area contributed by atoms with E-state index in [1.165, 1.54) is 25.0 Å². The number of hydrogen-bond acceptors (Lipinski definition) is 2. The van der Waals surface area contributed by atoms with Crippen LogP contribution in [-0.4, -0.2) is 20.6 Å². The van der Waals surface area contributed by atoms with Gasteiger partial charge in [0.25, 0.3) is 0 Å². The summed E-state index contributed by atoms with van der Waals surface area (Å²) in [6.45, 7) is 3.18. The van der Waals surface area contributed by atoms with E-state index >= 15 is 0 Å². The van der Waals surface area contributed by atoms with Crippen molar-refractivity contribution in [2.45, 2.75) is 37.5 Å². The maximum absolute atomic E-state index is 5.26. The highest BCUT2D eigenvalue weighted by atomic mass is 32.2. The number of aromatic amines is 1. The van der Waals surface area contributed by atoms with Crippen LogP contribution in [0.25, 0.3) is 0 Å². The monoisotopic (exact) mass is 228 g/mol. The summed E-state index contributed by atoms with van der Waals surface area (Å²) in [6.07, 6.45) is 8.25. The zero-order valence-electron chi connectivity index (χ0n) is 8.67. The van der Waals surface area contributed by atoms with Crippen molar-refractivity contribution in [1.82, 2.24) is 9.55 Å². The van der Waals surface area contributed by atoms with Crippen LogP contribution in [0.5, 0.6) is 0 Å². The third-order valence-electron chi connectivity index (χ3n) is 3.22. The van der Waals surface area contributed by atoms with Crippen LogP contribution in [0.2, 0.25) is 0 Å². The number of nitrogens with zero attached hydrogens (tertiary/aromatic N) is 1. The van der Waals surface area contributed by atoms with E-state index in [2.05, 4.69) is 22.7 Å². The summed E-state index contributed by atoms with van der Waals surface area (Å²) in [5.74, 6) is 0. The first-order valence-corrected chi connectivity index (χ1v) is 6.60. The van der Waals surface area contributed by atoms with Crippen LogP contribution in [0.15, 0.2) is 6.20 Å². The number of thioether (sulfide) groups is 1. The van der Waals surface area contributed by atoms with Gasteiger partial charge in [0, 0.05) is 23.2 Å². The number of rotatable bonds is 3. The molecular weight excluding hydrogens is 212 g/mol. The fraction of sp³-hybridized carbons (Fsp3) is 0.700. The molecule has 1 aliphatic rings. The first kappa shape index (κ1) is 10.3. The van der Waals surface area contributed by atoms with Gasteiger partial charge in [-0.3, -0.25) is 0 Å². The van der Waals surface area contributed by atoms with Crippen molar-refractivity contribution >= 4 is 24.0 Å². The SMILES string of the molecule is CSC1(Cn2c(C)c[nH]c2=S)CCC1. The van der Waals surface area contributed by atoms with Gasteiger partial charge < -0.3 is 9.55 Å². The Balaban J connectivity index is 2.21. The van der Waals surface area contributed by atoms with Gasteiger partial charge in [-0.05, 0) is 38.2 Å². The van der Waals surface area contributed by atoms with Gasteiger partial charge >= 0.3 is 0 Å². The third kappa shape index (κ3) is 1.65. The molecule has 0 amide bonds. The number of nitrogens with one attached hydrogen (secondary N) is 1. The molecule has 2 nitrogen and oxygen atoms in total. The number of imidazole rings is 1. The third-order valence-corrected chi connectivity index (χ3v) is 4.96. The van der Waals surface area contributed by atoms with Crippen molar-refractivity contribution in [2.24, 2.45) is 0 Å². The number of hydrogen-bond donors (Lipinski definition) is 1. The first-order chi connectivity index (χ1) is 6.67. The molecule has 1 fully saturated rings. The molecule has 1 aromatic rings. The fourth-order valence-corrected chi connectivity index (χ4v) is 3.19. The predicted molar refractivity (Wildman–Crippen MR) is 64.5 cm³/mol. The van der Waals surface area contributed by atoms with Crippen molar-refractivity contribution < 1.29 is 0 Å². The van der Waals surface area contributed by atoms with Crippen LogP contribution >= 0.6 is 24.0 Å². The van der Waals surface area contributed by atoms with E-state index in [4.69, 9.17) is 12.2 Å². The Morgan fingerprint density at radius 2 is 2.36 bits per heavy atom. The Hall–Kier alpha value is -0.220. The quantitative estimate of drug-likeness (QED) is 0.802. The number of aryl methyl sites for hydroxylation is 1. The van der Waals surface area contributed by atoms with Crippen LogP contribution < -0.4 is 0 Å². The van der Waals surface area contributed by atoms with E-state index in [9.17, 15) is 0 Å². The summed E-state index contributed by atoms with van der Waals surface area (Å²) < 4.78 is 3.55. The molecular formula is C10H16N2S2. The van der Waals surface area contributed by atoms with Crippen molar-refractivity contribution in [3.8, 4) is 0 Å². The average molecular weight is 228 g/mol. The Bertz CT molecular complexity index is 368. The van der Waals surface area contributed by atoms with Gasteiger partial charge in [-0.25, -0.2) is 0 Å². The minimum atomic E-state index is 0.463. The molecule has 0 atom stereocenters. The summed E-state index contributed by atoms with van der Waals surface area (Å²) in [5.41, 5.74) is 1.25. The molecule has 1 saturated carbocycles. The topological polar surface area (TPSA) is 20.7 Å². The molecule has 0 saturated heterocycles. The van der Waals surface area contributed by atoms with E-state index in [0.717, 1.165) is 11.3 Å². The fourth-order valence-electron chi connectivity index (χ4n) is 1.96. The Labute approximate surface area is 94.1 Å². The molecule has 78 valence electrons. The molecule has 1 aliphatic carbocycles. The predicted octanol–water partition coefficient (Wildman–Crippen LogP) is 3.14. The lowest BCUT2D eigenvalue weighted by molar-refractivity contribution is 0.318. The summed E-state index contributed by atoms with van der Waals surface area (Å²) in [4.78, 5) is 3.10. The van der Waals surface area contributed by atoms with E-state index in [0.29, 0.717) is 4.75 Å². The van der Waals surface area contributed by atoms with Crippen LogP contribution in [0, 0.1) is 11.7 Å². The second kappa shape index (κ2) is 3.74. The molecule has 1 aromatic heterocycles. The van der Waals surface area contributed by atoms with E-state index < -0.39 is 0 Å². The zero-order valence-corrected chi connectivity index (χ0v) is 10.3. The molecule has 0 radical (unpaired) electrons. The second-order valence-corrected chi connectivity index (χ2v) is 5.72. The molecule has 2 rings (SSSR count). The van der Waals surface area contributed by atoms with Crippen molar-refractivity contribution in [2.75, 3.05) is 6.26 Å². The standard InChI is InChI=1S/C10H16N2S2/c1-8-6-11-9(13)12(8)7-10(14-2)4-3-5-10/h6H,3-5,7H2,1-2H3,(H,11,13). The molecule has 4 heteroatoms. The van der Waals surface area contributed by atoms with Crippen LogP contribution in [-0.2, 0) is 6.54 Å². The molecule has 0 aromatic carbocycles. The molecule has 0 spiro atoms. The summed E-state index contributed by atoms with van der Waals surface area (Å²) >= 11 is 7.25. The number of H-pyrrole nitrogens is 1. The van der Waals surface area contributed by atoms with Gasteiger partial charge in [0.1, 0.15) is 0 Å². The van der Waals surface area contributed by atoms with Gasteiger partial charge in [-0.15, -0.1) is 0 Å². The highest BCUT2D eigenvalue weighted by molar-refractivity contribution is 8.00. The molecule has 1 N–H and O–H groups in total. The minimum absolute atomic E-state index is 0.463. The smallest absolute Gasteiger partial charge is 0.177 e. The van der Waals surface area contributed by atoms with Gasteiger partial charge in [0.05, 0.1) is 0 Å². The van der Waals surface area contributed by atoms with Gasteiger partial charge in [-0.1, -0.05) is 6.42 Å². The minimum Gasteiger partial charge on any atom is -0.337 e. The zero-order chi connectivity index (χ0) is 10.2. The van der Waals surface area contributed by atoms with Gasteiger partial charge in [0.15, 0.2) is 4.77 Å². The summed E-state index contributed by atoms with van der Waals surface area (Å²) in [7, 11) is 0. The number of aromatic nitrogens is 2.